The first-order chi connectivity index (χ1) is 17.5. The van der Waals surface area contributed by atoms with Gasteiger partial charge in [-0.1, -0.05) is 68.0 Å². The van der Waals surface area contributed by atoms with Crippen LogP contribution in [0.4, 0.5) is 0 Å². The first-order valence-electron chi connectivity index (χ1n) is 13.5. The average Bonchev–Trinajstić information content (AvgIpc) is 3.28. The molecule has 1 aromatic heterocycles. The zero-order valence-electron chi connectivity index (χ0n) is 21.3. The normalized spacial score (nSPS) is 22.1. The van der Waals surface area contributed by atoms with E-state index in [0.29, 0.717) is 18.9 Å². The molecule has 5 heteroatoms. The highest BCUT2D eigenvalue weighted by atomic mass is 16.2. The van der Waals surface area contributed by atoms with Crippen LogP contribution in [0.3, 0.4) is 0 Å². The second-order valence-corrected chi connectivity index (χ2v) is 10.9. The second kappa shape index (κ2) is 9.27. The Morgan fingerprint density at radius 1 is 1.03 bits per heavy atom. The number of nitrogens with one attached hydrogen (secondary N) is 1. The fourth-order valence-corrected chi connectivity index (χ4v) is 6.33. The van der Waals surface area contributed by atoms with Crippen LogP contribution in [0.2, 0.25) is 0 Å². The van der Waals surface area contributed by atoms with Crippen molar-refractivity contribution in [1.29, 1.82) is 0 Å². The molecule has 36 heavy (non-hydrogen) atoms. The van der Waals surface area contributed by atoms with Gasteiger partial charge in [-0.2, -0.15) is 0 Å². The number of allylic oxidation sites excluding steroid dienone is 1. The summed E-state index contributed by atoms with van der Waals surface area (Å²) in [6.45, 7) is 5.17. The van der Waals surface area contributed by atoms with Gasteiger partial charge in [0.05, 0.1) is 12.6 Å². The summed E-state index contributed by atoms with van der Waals surface area (Å²) >= 11 is 0. The molecule has 3 aliphatic rings. The fraction of sp³-hybridized carbons (Fsp3) is 0.419. The molecule has 2 amide bonds. The highest BCUT2D eigenvalue weighted by Gasteiger charge is 2.48. The summed E-state index contributed by atoms with van der Waals surface area (Å²) in [6, 6.07) is 16.1. The minimum atomic E-state index is -0.465. The van der Waals surface area contributed by atoms with Crippen LogP contribution in [0.1, 0.15) is 80.3 Å². The highest BCUT2D eigenvalue weighted by molar-refractivity contribution is 5.97. The molecule has 1 aliphatic carbocycles. The molecule has 2 atom stereocenters. The highest BCUT2D eigenvalue weighted by Crippen LogP contribution is 2.42. The largest absolute Gasteiger partial charge is 0.356 e. The van der Waals surface area contributed by atoms with Gasteiger partial charge in [0, 0.05) is 29.6 Å². The van der Waals surface area contributed by atoms with E-state index in [-0.39, 0.29) is 24.4 Å². The van der Waals surface area contributed by atoms with Gasteiger partial charge in [0.2, 0.25) is 11.8 Å². The van der Waals surface area contributed by atoms with Crippen LogP contribution in [-0.4, -0.2) is 45.7 Å². The first kappa shape index (κ1) is 23.1. The number of aromatic amines is 1. The Bertz CT molecular complexity index is 1330. The monoisotopic (exact) mass is 481 g/mol. The van der Waals surface area contributed by atoms with Crippen molar-refractivity contribution in [3.8, 4) is 0 Å². The lowest BCUT2D eigenvalue weighted by Gasteiger charge is -2.47. The Labute approximate surface area is 213 Å². The summed E-state index contributed by atoms with van der Waals surface area (Å²) in [4.78, 5) is 34.9. The number of piperazine rings is 1. The first-order valence-corrected chi connectivity index (χ1v) is 13.5. The maximum absolute atomic E-state index is 13.9. The topological polar surface area (TPSA) is 56.4 Å². The van der Waals surface area contributed by atoms with Gasteiger partial charge in [-0.25, -0.2) is 0 Å². The summed E-state index contributed by atoms with van der Waals surface area (Å²) in [5.74, 6) is 0.568. The predicted octanol–water partition coefficient (Wildman–Crippen LogP) is 5.87. The van der Waals surface area contributed by atoms with Gasteiger partial charge < -0.3 is 14.8 Å². The molecular formula is C31H35N3O2. The summed E-state index contributed by atoms with van der Waals surface area (Å²) in [5, 5.41) is 1.15. The third-order valence-corrected chi connectivity index (χ3v) is 8.35. The van der Waals surface area contributed by atoms with Crippen molar-refractivity contribution in [2.75, 3.05) is 13.1 Å². The molecule has 2 aromatic carbocycles. The van der Waals surface area contributed by atoms with Gasteiger partial charge in [0.1, 0.15) is 6.04 Å². The Hall–Kier alpha value is -3.34. The second-order valence-electron chi connectivity index (χ2n) is 10.9. The fourth-order valence-electron chi connectivity index (χ4n) is 6.33. The summed E-state index contributed by atoms with van der Waals surface area (Å²) in [7, 11) is 0. The van der Waals surface area contributed by atoms with Crippen molar-refractivity contribution < 1.29 is 9.59 Å². The van der Waals surface area contributed by atoms with Crippen molar-refractivity contribution >= 4 is 22.7 Å². The lowest BCUT2D eigenvalue weighted by molar-refractivity contribution is -0.158. The van der Waals surface area contributed by atoms with Gasteiger partial charge >= 0.3 is 0 Å². The number of rotatable bonds is 5. The number of benzene rings is 2. The summed E-state index contributed by atoms with van der Waals surface area (Å²) < 4.78 is 0. The Morgan fingerprint density at radius 3 is 2.58 bits per heavy atom. The molecule has 6 rings (SSSR count). The van der Waals surface area contributed by atoms with Crippen molar-refractivity contribution in [3.63, 3.8) is 0 Å². The van der Waals surface area contributed by atoms with Crippen LogP contribution in [0, 0.1) is 0 Å². The molecule has 1 N–H and O–H groups in total. The molecule has 1 fully saturated rings. The molecule has 3 aromatic rings. The molecule has 0 spiro atoms. The number of aromatic nitrogens is 1. The number of carbonyl (C=O) groups is 2. The zero-order chi connectivity index (χ0) is 24.8. The Morgan fingerprint density at radius 2 is 1.83 bits per heavy atom. The summed E-state index contributed by atoms with van der Waals surface area (Å²) in [6.07, 6.45) is 8.53. The van der Waals surface area contributed by atoms with Crippen LogP contribution < -0.4 is 0 Å². The lowest BCUT2D eigenvalue weighted by atomic mass is 9.85. The van der Waals surface area contributed by atoms with E-state index in [9.17, 15) is 9.59 Å². The smallest absolute Gasteiger partial charge is 0.246 e. The molecule has 0 unspecified atom stereocenters. The van der Waals surface area contributed by atoms with Gasteiger partial charge in [-0.05, 0) is 60.8 Å². The Balaban J connectivity index is 1.38. The van der Waals surface area contributed by atoms with E-state index >= 15 is 0 Å². The maximum Gasteiger partial charge on any atom is 0.246 e. The molecule has 5 nitrogen and oxygen atoms in total. The van der Waals surface area contributed by atoms with E-state index in [0.717, 1.165) is 41.4 Å². The van der Waals surface area contributed by atoms with Crippen molar-refractivity contribution in [2.24, 2.45) is 0 Å². The van der Waals surface area contributed by atoms with Gasteiger partial charge in [-0.15, -0.1) is 0 Å². The maximum atomic E-state index is 13.9. The molecule has 186 valence electrons. The van der Waals surface area contributed by atoms with E-state index in [1.807, 2.05) is 21.9 Å². The predicted molar refractivity (Wildman–Crippen MR) is 143 cm³/mol. The standard InChI is InChI=1S/C31H35N3O2/c1-20(2)22-12-14-23(15-13-22)30-29-25(24-10-6-7-11-26(24)32-29)18-27-31(36)33(19-28(35)34(27)30)17-16-21-8-4-3-5-9-21/h6-8,10-15,20,27,30,32H,3-5,9,16-19H2,1-2H3/t27-,30+/m0/s1. The van der Waals surface area contributed by atoms with Gasteiger partial charge in [0.15, 0.2) is 0 Å². The lowest BCUT2D eigenvalue weighted by Crippen LogP contribution is -2.63. The van der Waals surface area contributed by atoms with Crippen LogP contribution in [0.25, 0.3) is 10.9 Å². The molecule has 0 radical (unpaired) electrons. The Kier molecular flexibility index (Phi) is 5.94. The zero-order valence-corrected chi connectivity index (χ0v) is 21.3. The van der Waals surface area contributed by atoms with Crippen LogP contribution >= 0.6 is 0 Å². The number of nitrogens with zero attached hydrogens (tertiary/aromatic N) is 2. The van der Waals surface area contributed by atoms with Gasteiger partial charge in [-0.3, -0.25) is 9.59 Å². The SMILES string of the molecule is CC(C)c1ccc([C@@H]2c3[nH]c4ccccc4c3C[C@H]3C(=O)N(CCC4=CCCCC4)CC(=O)N23)cc1. The summed E-state index contributed by atoms with van der Waals surface area (Å²) in [5.41, 5.74) is 7.04. The van der Waals surface area contributed by atoms with Crippen LogP contribution in [-0.2, 0) is 16.0 Å². The molecule has 2 aliphatic heterocycles. The van der Waals surface area contributed by atoms with E-state index < -0.39 is 6.04 Å². The quantitative estimate of drug-likeness (QED) is 0.464. The number of fused-ring (bicyclic) bond motifs is 4. The number of carbonyl (C=O) groups excluding carboxylic acids is 2. The molecular weight excluding hydrogens is 446 g/mol. The van der Waals surface area contributed by atoms with E-state index in [2.05, 4.69) is 61.3 Å². The number of para-hydroxylation sites is 1. The van der Waals surface area contributed by atoms with E-state index in [1.54, 1.807) is 0 Å². The van der Waals surface area contributed by atoms with Crippen molar-refractivity contribution in [1.82, 2.24) is 14.8 Å². The third-order valence-electron chi connectivity index (χ3n) is 8.35. The van der Waals surface area contributed by atoms with Gasteiger partial charge in [0.25, 0.3) is 0 Å². The van der Waals surface area contributed by atoms with E-state index in [4.69, 9.17) is 0 Å². The minimum absolute atomic E-state index is 0.0412. The van der Waals surface area contributed by atoms with Crippen LogP contribution in [0.15, 0.2) is 60.2 Å². The number of amides is 2. The molecule has 0 saturated carbocycles. The van der Waals surface area contributed by atoms with Crippen molar-refractivity contribution in [3.05, 3.63) is 82.6 Å². The average molecular weight is 482 g/mol. The number of hydrogen-bond donors (Lipinski definition) is 1. The third kappa shape index (κ3) is 3.95. The molecule has 0 bridgehead atoms. The minimum Gasteiger partial charge on any atom is -0.356 e. The molecule has 3 heterocycles. The molecule has 1 saturated heterocycles. The van der Waals surface area contributed by atoms with Crippen LogP contribution in [0.5, 0.6) is 0 Å². The number of hydrogen-bond acceptors (Lipinski definition) is 2. The number of H-pyrrole nitrogens is 1. The van der Waals surface area contributed by atoms with E-state index in [1.165, 1.54) is 29.5 Å². The van der Waals surface area contributed by atoms with Crippen molar-refractivity contribution in [2.45, 2.75) is 70.4 Å².